The van der Waals surface area contributed by atoms with Gasteiger partial charge in [-0.3, -0.25) is 4.79 Å². The highest BCUT2D eigenvalue weighted by Crippen LogP contribution is 2.24. The number of halogens is 1. The SMILES string of the molecule is CCC(C(=O)O)c1nc2cc(F)ccc2n1C. The molecule has 1 atom stereocenters. The molecule has 4 nitrogen and oxygen atoms in total. The van der Waals surface area contributed by atoms with Gasteiger partial charge in [-0.05, 0) is 18.6 Å². The van der Waals surface area contributed by atoms with Gasteiger partial charge < -0.3 is 9.67 Å². The van der Waals surface area contributed by atoms with Gasteiger partial charge in [-0.1, -0.05) is 6.92 Å². The smallest absolute Gasteiger partial charge is 0.314 e. The lowest BCUT2D eigenvalue weighted by Crippen LogP contribution is -2.15. The molecule has 2 rings (SSSR count). The Balaban J connectivity index is 2.62. The van der Waals surface area contributed by atoms with E-state index in [0.717, 1.165) is 5.52 Å². The van der Waals surface area contributed by atoms with Gasteiger partial charge in [0.25, 0.3) is 0 Å². The summed E-state index contributed by atoms with van der Waals surface area (Å²) in [7, 11) is 1.74. The molecule has 0 saturated carbocycles. The Morgan fingerprint density at radius 1 is 1.59 bits per heavy atom. The molecule has 0 bridgehead atoms. The second-order valence-corrected chi connectivity index (χ2v) is 3.96. The van der Waals surface area contributed by atoms with Crippen molar-refractivity contribution in [2.75, 3.05) is 0 Å². The lowest BCUT2D eigenvalue weighted by molar-refractivity contribution is -0.139. The first-order valence-corrected chi connectivity index (χ1v) is 5.39. The van der Waals surface area contributed by atoms with Crippen molar-refractivity contribution in [3.05, 3.63) is 29.8 Å². The molecule has 0 radical (unpaired) electrons. The molecule has 1 aromatic carbocycles. The minimum atomic E-state index is -0.911. The first-order valence-electron chi connectivity index (χ1n) is 5.39. The Bertz CT molecular complexity index is 577. The molecule has 0 fully saturated rings. The van der Waals surface area contributed by atoms with Crippen LogP contribution in [0.5, 0.6) is 0 Å². The summed E-state index contributed by atoms with van der Waals surface area (Å²) in [6, 6.07) is 4.26. The Labute approximate surface area is 97.7 Å². The fourth-order valence-corrected chi connectivity index (χ4v) is 1.97. The Morgan fingerprint density at radius 2 is 2.29 bits per heavy atom. The highest BCUT2D eigenvalue weighted by atomic mass is 19.1. The van der Waals surface area contributed by atoms with Crippen LogP contribution in [0.15, 0.2) is 18.2 Å². The van der Waals surface area contributed by atoms with Crippen molar-refractivity contribution in [2.45, 2.75) is 19.3 Å². The van der Waals surface area contributed by atoms with Crippen LogP contribution in [0.3, 0.4) is 0 Å². The van der Waals surface area contributed by atoms with Crippen LogP contribution in [-0.2, 0) is 11.8 Å². The van der Waals surface area contributed by atoms with Crippen molar-refractivity contribution < 1.29 is 14.3 Å². The van der Waals surface area contributed by atoms with Gasteiger partial charge in [0.05, 0.1) is 11.0 Å². The fourth-order valence-electron chi connectivity index (χ4n) is 1.97. The zero-order valence-corrected chi connectivity index (χ0v) is 9.64. The van der Waals surface area contributed by atoms with Crippen LogP contribution in [0.1, 0.15) is 25.1 Å². The Kier molecular flexibility index (Phi) is 2.83. The van der Waals surface area contributed by atoms with Crippen LogP contribution in [0.2, 0.25) is 0 Å². The molecule has 5 heteroatoms. The largest absolute Gasteiger partial charge is 0.481 e. The van der Waals surface area contributed by atoms with E-state index in [0.29, 0.717) is 17.8 Å². The fraction of sp³-hybridized carbons (Fsp3) is 0.333. The molecule has 0 aliphatic heterocycles. The van der Waals surface area contributed by atoms with E-state index in [2.05, 4.69) is 4.98 Å². The number of aliphatic carboxylic acids is 1. The quantitative estimate of drug-likeness (QED) is 0.889. The Morgan fingerprint density at radius 3 is 2.88 bits per heavy atom. The predicted molar refractivity (Wildman–Crippen MR) is 61.3 cm³/mol. The molecular formula is C12H13FN2O2. The third-order valence-corrected chi connectivity index (χ3v) is 2.90. The summed E-state index contributed by atoms with van der Waals surface area (Å²) >= 11 is 0. The first kappa shape index (κ1) is 11.6. The van der Waals surface area contributed by atoms with Crippen molar-refractivity contribution >= 4 is 17.0 Å². The number of rotatable bonds is 3. The van der Waals surface area contributed by atoms with Crippen LogP contribution in [0, 0.1) is 5.82 Å². The summed E-state index contributed by atoms with van der Waals surface area (Å²) in [6.07, 6.45) is 0.453. The van der Waals surface area contributed by atoms with Crippen molar-refractivity contribution in [3.63, 3.8) is 0 Å². The maximum absolute atomic E-state index is 13.1. The van der Waals surface area contributed by atoms with Gasteiger partial charge in [0.2, 0.25) is 0 Å². The van der Waals surface area contributed by atoms with Crippen molar-refractivity contribution in [1.82, 2.24) is 9.55 Å². The maximum Gasteiger partial charge on any atom is 0.314 e. The standard InChI is InChI=1S/C12H13FN2O2/c1-3-8(12(16)17)11-14-9-6-7(13)4-5-10(9)15(11)2/h4-6,8H,3H2,1-2H3,(H,16,17). The normalized spacial score (nSPS) is 12.9. The average molecular weight is 236 g/mol. The minimum absolute atomic E-state index is 0.370. The molecule has 90 valence electrons. The number of hydrogen-bond acceptors (Lipinski definition) is 2. The summed E-state index contributed by atoms with van der Waals surface area (Å²) in [5, 5.41) is 9.10. The number of carboxylic acid groups (broad SMARTS) is 1. The van der Waals surface area contributed by atoms with Crippen LogP contribution >= 0.6 is 0 Å². The van der Waals surface area contributed by atoms with Crippen molar-refractivity contribution in [3.8, 4) is 0 Å². The number of carboxylic acids is 1. The maximum atomic E-state index is 13.1. The summed E-state index contributed by atoms with van der Waals surface area (Å²) in [5.41, 5.74) is 1.23. The van der Waals surface area contributed by atoms with E-state index < -0.39 is 11.9 Å². The number of aryl methyl sites for hydroxylation is 1. The average Bonchev–Trinajstić information content (AvgIpc) is 2.56. The highest BCUT2D eigenvalue weighted by Gasteiger charge is 2.23. The van der Waals surface area contributed by atoms with E-state index in [1.165, 1.54) is 12.1 Å². The third kappa shape index (κ3) is 1.88. The highest BCUT2D eigenvalue weighted by molar-refractivity contribution is 5.80. The minimum Gasteiger partial charge on any atom is -0.481 e. The molecule has 17 heavy (non-hydrogen) atoms. The number of hydrogen-bond donors (Lipinski definition) is 1. The third-order valence-electron chi connectivity index (χ3n) is 2.90. The van der Waals surface area contributed by atoms with E-state index in [4.69, 9.17) is 5.11 Å². The van der Waals surface area contributed by atoms with Gasteiger partial charge in [-0.2, -0.15) is 0 Å². The first-order chi connectivity index (χ1) is 8.04. The molecule has 0 spiro atoms. The second-order valence-electron chi connectivity index (χ2n) is 3.96. The van der Waals surface area contributed by atoms with Crippen molar-refractivity contribution in [1.29, 1.82) is 0 Å². The molecule has 1 heterocycles. The lowest BCUT2D eigenvalue weighted by atomic mass is 10.1. The molecule has 2 aromatic rings. The molecule has 0 aliphatic rings. The number of fused-ring (bicyclic) bond motifs is 1. The lowest BCUT2D eigenvalue weighted by Gasteiger charge is -2.09. The zero-order valence-electron chi connectivity index (χ0n) is 9.64. The predicted octanol–water partition coefficient (Wildman–Crippen LogP) is 2.29. The summed E-state index contributed by atoms with van der Waals surface area (Å²) in [6.45, 7) is 1.79. The van der Waals surface area contributed by atoms with Gasteiger partial charge in [0.15, 0.2) is 0 Å². The van der Waals surface area contributed by atoms with Crippen LogP contribution < -0.4 is 0 Å². The van der Waals surface area contributed by atoms with E-state index in [9.17, 15) is 9.18 Å². The summed E-state index contributed by atoms with van der Waals surface area (Å²) in [4.78, 5) is 15.3. The van der Waals surface area contributed by atoms with E-state index in [-0.39, 0.29) is 5.82 Å². The molecular weight excluding hydrogens is 223 g/mol. The van der Waals surface area contributed by atoms with E-state index in [1.807, 2.05) is 0 Å². The molecule has 0 amide bonds. The van der Waals surface area contributed by atoms with Gasteiger partial charge in [0, 0.05) is 13.1 Å². The number of nitrogens with zero attached hydrogens (tertiary/aromatic N) is 2. The molecule has 1 N–H and O–H groups in total. The van der Waals surface area contributed by atoms with Crippen molar-refractivity contribution in [2.24, 2.45) is 7.05 Å². The van der Waals surface area contributed by atoms with Crippen LogP contribution in [0.4, 0.5) is 4.39 Å². The molecule has 0 saturated heterocycles. The van der Waals surface area contributed by atoms with Gasteiger partial charge >= 0.3 is 5.97 Å². The summed E-state index contributed by atoms with van der Waals surface area (Å²) < 4.78 is 14.8. The number of benzene rings is 1. The van der Waals surface area contributed by atoms with Gasteiger partial charge in [0.1, 0.15) is 17.6 Å². The summed E-state index contributed by atoms with van der Waals surface area (Å²) in [5.74, 6) is -1.48. The van der Waals surface area contributed by atoms with E-state index in [1.54, 1.807) is 24.6 Å². The van der Waals surface area contributed by atoms with E-state index >= 15 is 0 Å². The second kappa shape index (κ2) is 4.16. The monoisotopic (exact) mass is 236 g/mol. The van der Waals surface area contributed by atoms with Crippen LogP contribution in [-0.4, -0.2) is 20.6 Å². The van der Waals surface area contributed by atoms with Gasteiger partial charge in [-0.15, -0.1) is 0 Å². The van der Waals surface area contributed by atoms with Crippen LogP contribution in [0.25, 0.3) is 11.0 Å². The topological polar surface area (TPSA) is 55.1 Å². The number of aromatic nitrogens is 2. The number of imidazole rings is 1. The number of carbonyl (C=O) groups is 1. The zero-order chi connectivity index (χ0) is 12.6. The molecule has 1 unspecified atom stereocenters. The molecule has 1 aromatic heterocycles. The Hall–Kier alpha value is -1.91. The van der Waals surface area contributed by atoms with Gasteiger partial charge in [-0.25, -0.2) is 9.37 Å². The molecule has 0 aliphatic carbocycles.